The molecule has 162 valence electrons. The summed E-state index contributed by atoms with van der Waals surface area (Å²) in [4.78, 5) is 13.3. The van der Waals surface area contributed by atoms with Crippen LogP contribution in [-0.2, 0) is 4.74 Å². The molecule has 3 aromatic rings. The van der Waals surface area contributed by atoms with E-state index in [4.69, 9.17) is 9.47 Å². The van der Waals surface area contributed by atoms with E-state index in [2.05, 4.69) is 18.2 Å². The molecule has 0 N–H and O–H groups in total. The van der Waals surface area contributed by atoms with Crippen LogP contribution >= 0.6 is 11.8 Å². The van der Waals surface area contributed by atoms with Crippen LogP contribution in [0.4, 0.5) is 0 Å². The zero-order valence-corrected chi connectivity index (χ0v) is 18.9. The maximum Gasteiger partial charge on any atom is 0.176 e. The Morgan fingerprint density at radius 3 is 2.42 bits per heavy atom. The lowest BCUT2D eigenvalue weighted by atomic mass is 9.96. The number of hydrogen-bond donors (Lipinski definition) is 0. The number of rotatable bonds is 10. The van der Waals surface area contributed by atoms with Crippen molar-refractivity contribution in [3.05, 3.63) is 72.3 Å². The first kappa shape index (κ1) is 21.9. The van der Waals surface area contributed by atoms with Crippen LogP contribution in [0, 0.1) is 5.92 Å². The first-order valence-electron chi connectivity index (χ1n) is 11.2. The van der Waals surface area contributed by atoms with E-state index in [0.29, 0.717) is 12.5 Å². The van der Waals surface area contributed by atoms with Crippen molar-refractivity contribution < 1.29 is 14.3 Å². The van der Waals surface area contributed by atoms with Gasteiger partial charge < -0.3 is 9.47 Å². The van der Waals surface area contributed by atoms with Crippen LogP contribution in [0.25, 0.3) is 10.8 Å². The van der Waals surface area contributed by atoms with E-state index in [9.17, 15) is 4.79 Å². The molecule has 0 saturated heterocycles. The minimum atomic E-state index is 0.0233. The van der Waals surface area contributed by atoms with Crippen molar-refractivity contribution in [1.82, 2.24) is 0 Å². The summed E-state index contributed by atoms with van der Waals surface area (Å²) >= 11 is 1.76. The smallest absolute Gasteiger partial charge is 0.176 e. The van der Waals surface area contributed by atoms with E-state index in [1.807, 2.05) is 55.5 Å². The van der Waals surface area contributed by atoms with Gasteiger partial charge in [0.2, 0.25) is 0 Å². The highest BCUT2D eigenvalue weighted by molar-refractivity contribution is 8.00. The third kappa shape index (κ3) is 5.69. The quantitative estimate of drug-likeness (QED) is 0.251. The molecule has 3 aromatic carbocycles. The van der Waals surface area contributed by atoms with Gasteiger partial charge in [0.1, 0.15) is 11.5 Å². The average molecular weight is 435 g/mol. The van der Waals surface area contributed by atoms with Crippen LogP contribution in [0.1, 0.15) is 43.0 Å². The molecule has 4 heteroatoms. The molecule has 0 aliphatic heterocycles. The van der Waals surface area contributed by atoms with Gasteiger partial charge in [-0.1, -0.05) is 43.2 Å². The largest absolute Gasteiger partial charge is 0.457 e. The topological polar surface area (TPSA) is 35.5 Å². The number of Topliss-reactive ketones (excluding diaryl/α,β-unsaturated/α-hetero) is 1. The van der Waals surface area contributed by atoms with Crippen molar-refractivity contribution in [2.45, 2.75) is 37.9 Å². The van der Waals surface area contributed by atoms with Gasteiger partial charge in [-0.15, -0.1) is 11.8 Å². The van der Waals surface area contributed by atoms with Crippen molar-refractivity contribution in [2.75, 3.05) is 19.0 Å². The van der Waals surface area contributed by atoms with Gasteiger partial charge in [-0.3, -0.25) is 4.79 Å². The molecule has 31 heavy (non-hydrogen) atoms. The molecule has 1 saturated carbocycles. The first-order valence-corrected chi connectivity index (χ1v) is 12.3. The number of carbonyl (C=O) groups is 1. The summed E-state index contributed by atoms with van der Waals surface area (Å²) in [5, 5.41) is 2.36. The number of ketones is 1. The van der Waals surface area contributed by atoms with E-state index in [-0.39, 0.29) is 11.0 Å². The van der Waals surface area contributed by atoms with Gasteiger partial charge in [0.05, 0.1) is 11.9 Å². The molecule has 0 heterocycles. The molecule has 1 fully saturated rings. The highest BCUT2D eigenvalue weighted by Gasteiger charge is 2.31. The molecule has 0 amide bonds. The minimum Gasteiger partial charge on any atom is -0.457 e. The second-order valence-corrected chi connectivity index (χ2v) is 9.28. The van der Waals surface area contributed by atoms with Crippen molar-refractivity contribution in [3.63, 3.8) is 0 Å². The van der Waals surface area contributed by atoms with Gasteiger partial charge in [-0.2, -0.15) is 0 Å². The summed E-state index contributed by atoms with van der Waals surface area (Å²) in [6.45, 7) is 3.43. The van der Waals surface area contributed by atoms with Crippen LogP contribution < -0.4 is 4.74 Å². The van der Waals surface area contributed by atoms with Gasteiger partial charge in [-0.25, -0.2) is 0 Å². The number of ether oxygens (including phenoxy) is 2. The molecule has 1 unspecified atom stereocenters. The lowest BCUT2D eigenvalue weighted by Gasteiger charge is -2.22. The lowest BCUT2D eigenvalue weighted by molar-refractivity contribution is 0.0970. The van der Waals surface area contributed by atoms with Crippen molar-refractivity contribution in [2.24, 2.45) is 5.92 Å². The van der Waals surface area contributed by atoms with Gasteiger partial charge in [0.25, 0.3) is 0 Å². The monoisotopic (exact) mass is 434 g/mol. The van der Waals surface area contributed by atoms with Gasteiger partial charge in [-0.05, 0) is 72.9 Å². The van der Waals surface area contributed by atoms with Crippen molar-refractivity contribution >= 4 is 28.3 Å². The minimum absolute atomic E-state index is 0.0233. The summed E-state index contributed by atoms with van der Waals surface area (Å²) in [7, 11) is 0. The Morgan fingerprint density at radius 2 is 1.68 bits per heavy atom. The van der Waals surface area contributed by atoms with Gasteiger partial charge in [0.15, 0.2) is 5.78 Å². The number of carbonyl (C=O) groups excluding carboxylic acids is 1. The predicted octanol–water partition coefficient (Wildman–Crippen LogP) is 7.14. The second kappa shape index (κ2) is 10.8. The summed E-state index contributed by atoms with van der Waals surface area (Å²) < 4.78 is 11.5. The summed E-state index contributed by atoms with van der Waals surface area (Å²) in [5.41, 5.74) is 0.770. The highest BCUT2D eigenvalue weighted by atomic mass is 32.2. The Kier molecular flexibility index (Phi) is 7.66. The number of hydrogen-bond acceptors (Lipinski definition) is 4. The fraction of sp³-hybridized carbons (Fsp3) is 0.370. The number of thioether (sulfide) groups is 1. The number of benzene rings is 3. The maximum atomic E-state index is 13.3. The van der Waals surface area contributed by atoms with Gasteiger partial charge in [0, 0.05) is 17.9 Å². The van der Waals surface area contributed by atoms with Crippen LogP contribution in [0.15, 0.2) is 66.7 Å². The Labute approximate surface area is 189 Å². The Balaban J connectivity index is 1.43. The third-order valence-corrected chi connectivity index (χ3v) is 7.27. The van der Waals surface area contributed by atoms with E-state index in [1.54, 1.807) is 11.8 Å². The standard InChI is InChI=1S/C27H30O3S/c1-2-29-17-18-31-27(22-8-4-5-9-22)26(28)21-12-14-24(15-13-21)30-25-16-11-20-7-3-6-10-23(20)19-25/h3,6-7,10-16,19,22,27H,2,4-5,8-9,17-18H2,1H3. The molecule has 0 spiro atoms. The Morgan fingerprint density at radius 1 is 0.968 bits per heavy atom. The molecule has 0 radical (unpaired) electrons. The van der Waals surface area contributed by atoms with E-state index >= 15 is 0 Å². The average Bonchev–Trinajstić information content (AvgIpc) is 3.34. The normalized spacial score (nSPS) is 15.3. The molecule has 0 aromatic heterocycles. The lowest BCUT2D eigenvalue weighted by Crippen LogP contribution is -2.26. The van der Waals surface area contributed by atoms with Crippen molar-refractivity contribution in [1.29, 1.82) is 0 Å². The molecule has 0 bridgehead atoms. The predicted molar refractivity (Wildman–Crippen MR) is 129 cm³/mol. The first-order chi connectivity index (χ1) is 15.2. The van der Waals surface area contributed by atoms with Crippen LogP contribution in [0.5, 0.6) is 11.5 Å². The molecule has 1 atom stereocenters. The Bertz CT molecular complexity index is 993. The third-order valence-electron chi connectivity index (χ3n) is 5.91. The van der Waals surface area contributed by atoms with E-state index in [0.717, 1.165) is 47.7 Å². The molecule has 1 aliphatic carbocycles. The highest BCUT2D eigenvalue weighted by Crippen LogP contribution is 2.36. The zero-order chi connectivity index (χ0) is 21.5. The number of fused-ring (bicyclic) bond motifs is 1. The fourth-order valence-electron chi connectivity index (χ4n) is 4.28. The second-order valence-electron chi connectivity index (χ2n) is 8.03. The molecule has 1 aliphatic rings. The molecular weight excluding hydrogens is 404 g/mol. The van der Waals surface area contributed by atoms with Crippen molar-refractivity contribution in [3.8, 4) is 11.5 Å². The molecule has 3 nitrogen and oxygen atoms in total. The Hall–Kier alpha value is -2.30. The SMILES string of the molecule is CCOCCSC(C(=O)c1ccc(Oc2ccc3ccccc3c2)cc1)C1CCCC1. The van der Waals surface area contributed by atoms with E-state index < -0.39 is 0 Å². The van der Waals surface area contributed by atoms with Crippen LogP contribution in [0.2, 0.25) is 0 Å². The van der Waals surface area contributed by atoms with Crippen LogP contribution in [0.3, 0.4) is 0 Å². The summed E-state index contributed by atoms with van der Waals surface area (Å²) in [6, 6.07) is 21.9. The summed E-state index contributed by atoms with van der Waals surface area (Å²) in [6.07, 6.45) is 4.78. The zero-order valence-electron chi connectivity index (χ0n) is 18.1. The summed E-state index contributed by atoms with van der Waals surface area (Å²) in [5.74, 6) is 3.13. The molecule has 4 rings (SSSR count). The molecular formula is C27H30O3S. The van der Waals surface area contributed by atoms with Crippen LogP contribution in [-0.4, -0.2) is 30.0 Å². The van der Waals surface area contributed by atoms with E-state index in [1.165, 1.54) is 18.2 Å². The van der Waals surface area contributed by atoms with Gasteiger partial charge >= 0.3 is 0 Å². The maximum absolute atomic E-state index is 13.3. The fourth-order valence-corrected chi connectivity index (χ4v) is 5.58.